The van der Waals surface area contributed by atoms with Gasteiger partial charge >= 0.3 is 6.03 Å². The molecule has 1 aromatic carbocycles. The van der Waals surface area contributed by atoms with Crippen LogP contribution in [0.25, 0.3) is 0 Å². The third kappa shape index (κ3) is 3.18. The van der Waals surface area contributed by atoms with Gasteiger partial charge in [0.15, 0.2) is 0 Å². The van der Waals surface area contributed by atoms with Crippen LogP contribution in [0.15, 0.2) is 30.3 Å². The summed E-state index contributed by atoms with van der Waals surface area (Å²) in [6, 6.07) is 11.1. The molecule has 0 aromatic heterocycles. The molecule has 3 heteroatoms. The average Bonchev–Trinajstić information content (AvgIpc) is 3.07. The van der Waals surface area contributed by atoms with Crippen LogP contribution in [0.4, 0.5) is 4.79 Å². The molecule has 2 atom stereocenters. The van der Waals surface area contributed by atoms with Crippen LogP contribution in [0.3, 0.4) is 0 Å². The molecule has 1 spiro atoms. The number of benzene rings is 1. The normalized spacial score (nSPS) is 28.6. The van der Waals surface area contributed by atoms with Gasteiger partial charge in [-0.3, -0.25) is 0 Å². The van der Waals surface area contributed by atoms with E-state index in [2.05, 4.69) is 40.5 Å². The van der Waals surface area contributed by atoms with E-state index in [0.717, 1.165) is 19.6 Å². The van der Waals surface area contributed by atoms with E-state index in [9.17, 15) is 4.79 Å². The molecule has 3 aliphatic rings. The number of hydrogen-bond donors (Lipinski definition) is 1. The quantitative estimate of drug-likeness (QED) is 0.868. The Hall–Kier alpha value is -1.51. The van der Waals surface area contributed by atoms with Crippen molar-refractivity contribution < 1.29 is 4.79 Å². The van der Waals surface area contributed by atoms with Crippen molar-refractivity contribution in [3.8, 4) is 0 Å². The second-order valence-electron chi connectivity index (χ2n) is 8.27. The van der Waals surface area contributed by atoms with Crippen LogP contribution < -0.4 is 5.32 Å². The van der Waals surface area contributed by atoms with E-state index in [-0.39, 0.29) is 6.03 Å². The first-order chi connectivity index (χ1) is 11.8. The molecule has 130 valence electrons. The molecule has 3 nitrogen and oxygen atoms in total. The molecule has 0 bridgehead atoms. The largest absolute Gasteiger partial charge is 0.338 e. The fourth-order valence-corrected chi connectivity index (χ4v) is 5.11. The number of urea groups is 1. The summed E-state index contributed by atoms with van der Waals surface area (Å²) in [4.78, 5) is 14.6. The Balaban J connectivity index is 1.33. The molecule has 0 radical (unpaired) electrons. The Morgan fingerprint density at radius 3 is 2.58 bits per heavy atom. The fourth-order valence-electron chi connectivity index (χ4n) is 5.11. The standard InChI is InChI=1S/C21H30N2O/c24-20(23-14-13-21(16-23)11-6-12-21)22-15-18-9-4-5-10-19(18)17-7-2-1-3-8-17/h1-3,7-8,18-19H,4-6,9-16H2,(H,22,24). The number of nitrogens with zero attached hydrogens (tertiary/aromatic N) is 1. The lowest BCUT2D eigenvalue weighted by Gasteiger charge is -2.38. The minimum atomic E-state index is 0.177. The fraction of sp³-hybridized carbons (Fsp3) is 0.667. The van der Waals surface area contributed by atoms with E-state index < -0.39 is 0 Å². The van der Waals surface area contributed by atoms with Crippen molar-refractivity contribution in [2.75, 3.05) is 19.6 Å². The van der Waals surface area contributed by atoms with Crippen LogP contribution in [-0.2, 0) is 0 Å². The predicted octanol–water partition coefficient (Wildman–Crippen LogP) is 4.55. The van der Waals surface area contributed by atoms with Gasteiger partial charge in [0.25, 0.3) is 0 Å². The summed E-state index contributed by atoms with van der Waals surface area (Å²) in [7, 11) is 0. The van der Waals surface area contributed by atoms with Gasteiger partial charge < -0.3 is 10.2 Å². The number of carbonyl (C=O) groups is 1. The Morgan fingerprint density at radius 2 is 1.88 bits per heavy atom. The number of nitrogens with one attached hydrogen (secondary N) is 1. The van der Waals surface area contributed by atoms with Crippen molar-refractivity contribution >= 4 is 6.03 Å². The van der Waals surface area contributed by atoms with Gasteiger partial charge in [0.2, 0.25) is 0 Å². The summed E-state index contributed by atoms with van der Waals surface area (Å²) in [5, 5.41) is 3.27. The van der Waals surface area contributed by atoms with Crippen molar-refractivity contribution in [3.05, 3.63) is 35.9 Å². The third-order valence-electron chi connectivity index (χ3n) is 6.79. The minimum Gasteiger partial charge on any atom is -0.338 e. The highest BCUT2D eigenvalue weighted by atomic mass is 16.2. The minimum absolute atomic E-state index is 0.177. The zero-order valence-electron chi connectivity index (χ0n) is 14.7. The molecule has 1 heterocycles. The van der Waals surface area contributed by atoms with E-state index in [4.69, 9.17) is 0 Å². The molecule has 2 unspecified atom stereocenters. The van der Waals surface area contributed by atoms with Gasteiger partial charge in [-0.2, -0.15) is 0 Å². The number of rotatable bonds is 3. The van der Waals surface area contributed by atoms with Crippen LogP contribution in [0.1, 0.15) is 62.8 Å². The van der Waals surface area contributed by atoms with E-state index in [1.165, 1.54) is 56.9 Å². The topological polar surface area (TPSA) is 32.3 Å². The first kappa shape index (κ1) is 16.0. The molecule has 2 amide bonds. The smallest absolute Gasteiger partial charge is 0.317 e. The second-order valence-corrected chi connectivity index (χ2v) is 8.27. The Bertz CT molecular complexity index is 566. The summed E-state index contributed by atoms with van der Waals surface area (Å²) in [5.41, 5.74) is 1.94. The van der Waals surface area contributed by atoms with Gasteiger partial charge in [0.1, 0.15) is 0 Å². The molecule has 1 aliphatic heterocycles. The predicted molar refractivity (Wildman–Crippen MR) is 97.0 cm³/mol. The Labute approximate surface area is 145 Å². The van der Waals surface area contributed by atoms with E-state index in [1.807, 2.05) is 0 Å². The maximum absolute atomic E-state index is 12.6. The number of hydrogen-bond acceptors (Lipinski definition) is 1. The van der Waals surface area contributed by atoms with Crippen molar-refractivity contribution in [2.24, 2.45) is 11.3 Å². The highest BCUT2D eigenvalue weighted by Crippen LogP contribution is 2.47. The van der Waals surface area contributed by atoms with Gasteiger partial charge in [-0.05, 0) is 54.9 Å². The first-order valence-corrected chi connectivity index (χ1v) is 9.84. The SMILES string of the molecule is O=C(NCC1CCCCC1c1ccccc1)N1CCC2(CCC2)C1. The summed E-state index contributed by atoms with van der Waals surface area (Å²) < 4.78 is 0. The summed E-state index contributed by atoms with van der Waals surface area (Å²) in [5.74, 6) is 1.20. The van der Waals surface area contributed by atoms with Crippen LogP contribution in [-0.4, -0.2) is 30.6 Å². The molecule has 1 saturated heterocycles. The first-order valence-electron chi connectivity index (χ1n) is 9.84. The number of carbonyl (C=O) groups excluding carboxylic acids is 1. The van der Waals surface area contributed by atoms with Crippen molar-refractivity contribution in [2.45, 2.75) is 57.3 Å². The summed E-state index contributed by atoms with van der Waals surface area (Å²) in [6.07, 6.45) is 10.4. The van der Waals surface area contributed by atoms with Gasteiger partial charge in [-0.15, -0.1) is 0 Å². The van der Waals surface area contributed by atoms with Crippen LogP contribution >= 0.6 is 0 Å². The maximum Gasteiger partial charge on any atom is 0.317 e. The third-order valence-corrected chi connectivity index (χ3v) is 6.79. The lowest BCUT2D eigenvalue weighted by molar-refractivity contribution is 0.140. The lowest BCUT2D eigenvalue weighted by Crippen LogP contribution is -2.43. The molecule has 2 saturated carbocycles. The van der Waals surface area contributed by atoms with E-state index in [0.29, 0.717) is 17.3 Å². The summed E-state index contributed by atoms with van der Waals surface area (Å²) >= 11 is 0. The van der Waals surface area contributed by atoms with Gasteiger partial charge in [0.05, 0.1) is 0 Å². The lowest BCUT2D eigenvalue weighted by atomic mass is 9.68. The summed E-state index contributed by atoms with van der Waals surface area (Å²) in [6.45, 7) is 2.78. The van der Waals surface area contributed by atoms with Crippen molar-refractivity contribution in [3.63, 3.8) is 0 Å². The van der Waals surface area contributed by atoms with Crippen molar-refractivity contribution in [1.82, 2.24) is 10.2 Å². The van der Waals surface area contributed by atoms with Crippen LogP contribution in [0.5, 0.6) is 0 Å². The van der Waals surface area contributed by atoms with Gasteiger partial charge in [0, 0.05) is 19.6 Å². The monoisotopic (exact) mass is 326 g/mol. The Kier molecular flexibility index (Phi) is 4.51. The average molecular weight is 326 g/mol. The molecular formula is C21H30N2O. The number of amides is 2. The molecular weight excluding hydrogens is 296 g/mol. The van der Waals surface area contributed by atoms with E-state index in [1.54, 1.807) is 0 Å². The van der Waals surface area contributed by atoms with E-state index >= 15 is 0 Å². The highest BCUT2D eigenvalue weighted by molar-refractivity contribution is 5.74. The highest BCUT2D eigenvalue weighted by Gasteiger charge is 2.44. The maximum atomic E-state index is 12.6. The van der Waals surface area contributed by atoms with Gasteiger partial charge in [-0.1, -0.05) is 49.6 Å². The van der Waals surface area contributed by atoms with Crippen LogP contribution in [0.2, 0.25) is 0 Å². The molecule has 1 aromatic rings. The molecule has 24 heavy (non-hydrogen) atoms. The molecule has 3 fully saturated rings. The van der Waals surface area contributed by atoms with Gasteiger partial charge in [-0.25, -0.2) is 4.79 Å². The molecule has 4 rings (SSSR count). The van der Waals surface area contributed by atoms with Crippen LogP contribution in [0, 0.1) is 11.3 Å². The molecule has 2 aliphatic carbocycles. The Morgan fingerprint density at radius 1 is 1.08 bits per heavy atom. The molecule has 1 N–H and O–H groups in total. The zero-order valence-corrected chi connectivity index (χ0v) is 14.7. The number of likely N-dealkylation sites (tertiary alicyclic amines) is 1. The zero-order chi connectivity index (χ0) is 16.4. The van der Waals surface area contributed by atoms with Crippen molar-refractivity contribution in [1.29, 1.82) is 0 Å². The second kappa shape index (κ2) is 6.78.